The van der Waals surface area contributed by atoms with Crippen LogP contribution in [0.5, 0.6) is 0 Å². The summed E-state index contributed by atoms with van der Waals surface area (Å²) in [6.45, 7) is 0.124. The molecule has 102 valence electrons. The minimum atomic E-state index is -4.37. The summed E-state index contributed by atoms with van der Waals surface area (Å²) in [6, 6.07) is 4.60. The molecule has 0 bridgehead atoms. The van der Waals surface area contributed by atoms with Gasteiger partial charge in [0.2, 0.25) is 0 Å². The maximum atomic E-state index is 12.4. The van der Waals surface area contributed by atoms with E-state index in [0.29, 0.717) is 5.56 Å². The Kier molecular flexibility index (Phi) is 3.57. The van der Waals surface area contributed by atoms with Crippen molar-refractivity contribution in [2.75, 3.05) is 13.1 Å². The molecule has 0 saturated carbocycles. The van der Waals surface area contributed by atoms with Gasteiger partial charge >= 0.3 is 18.1 Å². The maximum absolute atomic E-state index is 12.4. The van der Waals surface area contributed by atoms with Gasteiger partial charge in [-0.2, -0.15) is 13.2 Å². The number of ether oxygens (including phenoxy) is 1. The van der Waals surface area contributed by atoms with Crippen LogP contribution in [0, 0.1) is 0 Å². The van der Waals surface area contributed by atoms with E-state index in [4.69, 9.17) is 0 Å². The molecule has 0 aliphatic carbocycles. The van der Waals surface area contributed by atoms with Crippen LogP contribution in [0.2, 0.25) is 0 Å². The second-order valence-corrected chi connectivity index (χ2v) is 4.19. The number of carbonyl (C=O) groups excluding carboxylic acids is 2. The van der Waals surface area contributed by atoms with E-state index in [1.807, 2.05) is 0 Å². The van der Waals surface area contributed by atoms with Gasteiger partial charge in [-0.05, 0) is 17.7 Å². The SMILES string of the molecule is O=C1CN(Cc2ccc(C(F)(F)F)cc2)CC(=O)O1. The normalized spacial score (nSPS) is 17.4. The maximum Gasteiger partial charge on any atom is 0.416 e. The van der Waals surface area contributed by atoms with Crippen LogP contribution >= 0.6 is 0 Å². The molecule has 1 aliphatic rings. The number of nitrogens with zero attached hydrogens (tertiary/aromatic N) is 1. The second kappa shape index (κ2) is 5.00. The lowest BCUT2D eigenvalue weighted by Gasteiger charge is -2.24. The van der Waals surface area contributed by atoms with E-state index in [9.17, 15) is 22.8 Å². The van der Waals surface area contributed by atoms with Crippen molar-refractivity contribution in [3.05, 3.63) is 35.4 Å². The third-order valence-electron chi connectivity index (χ3n) is 2.62. The van der Waals surface area contributed by atoms with Crippen LogP contribution in [-0.2, 0) is 27.0 Å². The predicted octanol–water partition coefficient (Wildman–Crippen LogP) is 1.59. The summed E-state index contributed by atoms with van der Waals surface area (Å²) in [6.07, 6.45) is -4.37. The van der Waals surface area contributed by atoms with E-state index in [1.165, 1.54) is 17.0 Å². The lowest BCUT2D eigenvalue weighted by atomic mass is 10.1. The first-order chi connectivity index (χ1) is 8.84. The van der Waals surface area contributed by atoms with Crippen LogP contribution in [0.4, 0.5) is 13.2 Å². The highest BCUT2D eigenvalue weighted by Crippen LogP contribution is 2.29. The van der Waals surface area contributed by atoms with E-state index >= 15 is 0 Å². The van der Waals surface area contributed by atoms with Gasteiger partial charge in [0.25, 0.3) is 0 Å². The van der Waals surface area contributed by atoms with Crippen molar-refractivity contribution in [2.24, 2.45) is 0 Å². The Morgan fingerprint density at radius 3 is 2.05 bits per heavy atom. The molecule has 0 atom stereocenters. The Balaban J connectivity index is 2.03. The summed E-state index contributed by atoms with van der Waals surface area (Å²) >= 11 is 0. The molecule has 0 spiro atoms. The third-order valence-corrected chi connectivity index (χ3v) is 2.62. The molecule has 1 heterocycles. The molecule has 2 rings (SSSR count). The van der Waals surface area contributed by atoms with E-state index in [1.54, 1.807) is 0 Å². The molecule has 1 aliphatic heterocycles. The Morgan fingerprint density at radius 2 is 1.58 bits per heavy atom. The third kappa shape index (κ3) is 3.54. The van der Waals surface area contributed by atoms with Gasteiger partial charge in [0.1, 0.15) is 0 Å². The molecular formula is C12H10F3NO3. The summed E-state index contributed by atoms with van der Waals surface area (Å²) < 4.78 is 41.4. The number of alkyl halides is 3. The highest BCUT2D eigenvalue weighted by molar-refractivity contribution is 5.90. The van der Waals surface area contributed by atoms with Gasteiger partial charge in [-0.3, -0.25) is 14.5 Å². The molecule has 0 unspecified atom stereocenters. The van der Waals surface area contributed by atoms with Crippen molar-refractivity contribution < 1.29 is 27.5 Å². The lowest BCUT2D eigenvalue weighted by Crippen LogP contribution is -2.42. The molecule has 1 fully saturated rings. The van der Waals surface area contributed by atoms with Crippen LogP contribution in [0.1, 0.15) is 11.1 Å². The number of rotatable bonds is 2. The smallest absolute Gasteiger partial charge is 0.391 e. The molecule has 1 aromatic carbocycles. The zero-order valence-electron chi connectivity index (χ0n) is 9.74. The number of cyclic esters (lactones) is 2. The average Bonchev–Trinajstić information content (AvgIpc) is 2.26. The minimum absolute atomic E-state index is 0.0488. The van der Waals surface area contributed by atoms with Gasteiger partial charge in [-0.25, -0.2) is 0 Å². The molecule has 7 heteroatoms. The van der Waals surface area contributed by atoms with Crippen LogP contribution < -0.4 is 0 Å². The Morgan fingerprint density at radius 1 is 1.05 bits per heavy atom. The first-order valence-electron chi connectivity index (χ1n) is 5.46. The highest BCUT2D eigenvalue weighted by atomic mass is 19.4. The topological polar surface area (TPSA) is 46.6 Å². The number of hydrogen-bond acceptors (Lipinski definition) is 4. The summed E-state index contributed by atoms with van der Waals surface area (Å²) in [5, 5.41) is 0. The molecule has 0 aromatic heterocycles. The number of benzene rings is 1. The zero-order valence-corrected chi connectivity index (χ0v) is 9.74. The fourth-order valence-electron chi connectivity index (χ4n) is 1.78. The number of hydrogen-bond donors (Lipinski definition) is 0. The molecule has 0 amide bonds. The molecule has 0 N–H and O–H groups in total. The molecule has 1 aromatic rings. The molecular weight excluding hydrogens is 263 g/mol. The minimum Gasteiger partial charge on any atom is -0.391 e. The highest BCUT2D eigenvalue weighted by Gasteiger charge is 2.30. The van der Waals surface area contributed by atoms with E-state index in [-0.39, 0.29) is 19.6 Å². The Hall–Kier alpha value is -1.89. The summed E-state index contributed by atoms with van der Waals surface area (Å²) in [4.78, 5) is 23.6. The fourth-order valence-corrected chi connectivity index (χ4v) is 1.78. The van der Waals surface area contributed by atoms with Crippen molar-refractivity contribution in [2.45, 2.75) is 12.7 Å². The van der Waals surface area contributed by atoms with Crippen molar-refractivity contribution in [1.82, 2.24) is 4.90 Å². The van der Waals surface area contributed by atoms with Crippen molar-refractivity contribution in [1.29, 1.82) is 0 Å². The van der Waals surface area contributed by atoms with E-state index in [2.05, 4.69) is 4.74 Å². The van der Waals surface area contributed by atoms with Crippen LogP contribution in [0.3, 0.4) is 0 Å². The average molecular weight is 273 g/mol. The van der Waals surface area contributed by atoms with Gasteiger partial charge < -0.3 is 4.74 Å². The van der Waals surface area contributed by atoms with E-state index in [0.717, 1.165) is 12.1 Å². The van der Waals surface area contributed by atoms with Gasteiger partial charge in [0.05, 0.1) is 18.7 Å². The van der Waals surface area contributed by atoms with Crippen molar-refractivity contribution >= 4 is 11.9 Å². The number of carbonyl (C=O) groups is 2. The van der Waals surface area contributed by atoms with E-state index < -0.39 is 23.7 Å². The zero-order chi connectivity index (χ0) is 14.0. The first kappa shape index (κ1) is 13.5. The molecule has 1 saturated heterocycles. The van der Waals surface area contributed by atoms with Gasteiger partial charge in [0, 0.05) is 6.54 Å². The first-order valence-corrected chi connectivity index (χ1v) is 5.46. The van der Waals surface area contributed by atoms with Gasteiger partial charge in [-0.15, -0.1) is 0 Å². The molecule has 4 nitrogen and oxygen atoms in total. The number of morpholine rings is 1. The molecule has 0 radical (unpaired) electrons. The largest absolute Gasteiger partial charge is 0.416 e. The van der Waals surface area contributed by atoms with Crippen molar-refractivity contribution in [3.63, 3.8) is 0 Å². The number of halogens is 3. The van der Waals surface area contributed by atoms with Crippen LogP contribution in [0.25, 0.3) is 0 Å². The van der Waals surface area contributed by atoms with Crippen LogP contribution in [-0.4, -0.2) is 29.9 Å². The number of esters is 2. The monoisotopic (exact) mass is 273 g/mol. The predicted molar refractivity (Wildman–Crippen MR) is 57.8 cm³/mol. The molecule has 19 heavy (non-hydrogen) atoms. The fraction of sp³-hybridized carbons (Fsp3) is 0.333. The summed E-state index contributed by atoms with van der Waals surface area (Å²) in [5.41, 5.74) is -0.138. The second-order valence-electron chi connectivity index (χ2n) is 4.19. The van der Waals surface area contributed by atoms with Crippen LogP contribution in [0.15, 0.2) is 24.3 Å². The Bertz CT molecular complexity index is 480. The van der Waals surface area contributed by atoms with Gasteiger partial charge in [0.15, 0.2) is 0 Å². The quantitative estimate of drug-likeness (QED) is 0.606. The summed E-state index contributed by atoms with van der Waals surface area (Å²) in [7, 11) is 0. The Labute approximate surface area is 106 Å². The van der Waals surface area contributed by atoms with Crippen molar-refractivity contribution in [3.8, 4) is 0 Å². The van der Waals surface area contributed by atoms with Gasteiger partial charge in [-0.1, -0.05) is 12.1 Å². The summed E-state index contributed by atoms with van der Waals surface area (Å²) in [5.74, 6) is -1.30. The lowest BCUT2D eigenvalue weighted by molar-refractivity contribution is -0.167. The standard InChI is InChI=1S/C12H10F3NO3/c13-12(14,15)9-3-1-8(2-4-9)5-16-6-10(17)19-11(18)7-16/h1-4H,5-7H2.